The normalized spacial score (nSPS) is 11.0. The van der Waals surface area contributed by atoms with Crippen LogP contribution in [-0.2, 0) is 13.0 Å². The van der Waals surface area contributed by atoms with E-state index in [1.807, 2.05) is 13.8 Å². The number of halogens is 1. The summed E-state index contributed by atoms with van der Waals surface area (Å²) in [5.74, 6) is 0.911. The third-order valence-corrected chi connectivity index (χ3v) is 4.34. The molecule has 2 rings (SSSR count). The second kappa shape index (κ2) is 5.80. The Morgan fingerprint density at radius 2 is 2.24 bits per heavy atom. The summed E-state index contributed by atoms with van der Waals surface area (Å²) in [6.45, 7) is 5.72. The molecule has 2 aromatic heterocycles. The average molecular weight is 315 g/mol. The van der Waals surface area contributed by atoms with E-state index in [0.29, 0.717) is 0 Å². The van der Waals surface area contributed by atoms with Gasteiger partial charge in [-0.25, -0.2) is 0 Å². The molecule has 5 heteroatoms. The zero-order valence-corrected chi connectivity index (χ0v) is 12.3. The van der Waals surface area contributed by atoms with Gasteiger partial charge in [-0.3, -0.25) is 0 Å². The van der Waals surface area contributed by atoms with Crippen molar-refractivity contribution in [3.63, 3.8) is 0 Å². The van der Waals surface area contributed by atoms with Crippen LogP contribution < -0.4 is 5.32 Å². The summed E-state index contributed by atoms with van der Waals surface area (Å²) in [4.78, 5) is 1.39. The maximum absolute atomic E-state index is 5.12. The molecule has 0 spiro atoms. The summed E-state index contributed by atoms with van der Waals surface area (Å²) in [6, 6.07) is 4.25. The van der Waals surface area contributed by atoms with Crippen molar-refractivity contribution < 1.29 is 4.52 Å². The van der Waals surface area contributed by atoms with Crippen LogP contribution in [0.15, 0.2) is 20.4 Å². The molecule has 2 heterocycles. The smallest absolute Gasteiger partial charge is 0.138 e. The number of rotatable bonds is 5. The van der Waals surface area contributed by atoms with Gasteiger partial charge in [0.2, 0.25) is 0 Å². The first-order valence-electron chi connectivity index (χ1n) is 5.53. The number of aromatic nitrogens is 1. The quantitative estimate of drug-likeness (QED) is 0.859. The van der Waals surface area contributed by atoms with Gasteiger partial charge in [-0.05, 0) is 48.3 Å². The summed E-state index contributed by atoms with van der Waals surface area (Å²) in [5.41, 5.74) is 2.16. The van der Waals surface area contributed by atoms with Crippen LogP contribution in [0.4, 0.5) is 0 Å². The van der Waals surface area contributed by atoms with Gasteiger partial charge in [0.1, 0.15) is 5.76 Å². The molecule has 3 nitrogen and oxygen atoms in total. The summed E-state index contributed by atoms with van der Waals surface area (Å²) >= 11 is 5.26. The Morgan fingerprint density at radius 1 is 1.41 bits per heavy atom. The maximum atomic E-state index is 5.12. The largest absolute Gasteiger partial charge is 0.361 e. The van der Waals surface area contributed by atoms with E-state index < -0.39 is 0 Å². The lowest BCUT2D eigenvalue weighted by Gasteiger charge is -2.02. The number of hydrogen-bond donors (Lipinski definition) is 1. The molecule has 2 aromatic rings. The van der Waals surface area contributed by atoms with E-state index in [9.17, 15) is 0 Å². The highest BCUT2D eigenvalue weighted by atomic mass is 79.9. The van der Waals surface area contributed by atoms with Crippen LogP contribution in [0.1, 0.15) is 21.9 Å². The van der Waals surface area contributed by atoms with Gasteiger partial charge in [0, 0.05) is 23.5 Å². The van der Waals surface area contributed by atoms with Gasteiger partial charge in [-0.2, -0.15) is 0 Å². The van der Waals surface area contributed by atoms with Gasteiger partial charge in [0.25, 0.3) is 0 Å². The Balaban J connectivity index is 1.77. The number of nitrogens with one attached hydrogen (secondary N) is 1. The van der Waals surface area contributed by atoms with Crippen LogP contribution in [0.5, 0.6) is 0 Å². The minimum Gasteiger partial charge on any atom is -0.361 e. The predicted octanol–water partition coefficient (Wildman–Crippen LogP) is 3.45. The maximum Gasteiger partial charge on any atom is 0.138 e. The predicted molar refractivity (Wildman–Crippen MR) is 73.4 cm³/mol. The van der Waals surface area contributed by atoms with Crippen molar-refractivity contribution in [2.24, 2.45) is 0 Å². The number of thiophene rings is 1. The Morgan fingerprint density at radius 3 is 2.82 bits per heavy atom. The first kappa shape index (κ1) is 12.8. The molecular weight excluding hydrogens is 300 g/mol. The van der Waals surface area contributed by atoms with E-state index in [0.717, 1.165) is 31.0 Å². The lowest BCUT2D eigenvalue weighted by Crippen LogP contribution is -2.17. The summed E-state index contributed by atoms with van der Waals surface area (Å²) < 4.78 is 6.31. The highest BCUT2D eigenvalue weighted by molar-refractivity contribution is 9.11. The fraction of sp³-hybridized carbons (Fsp3) is 0.417. The molecule has 0 bridgehead atoms. The van der Waals surface area contributed by atoms with Gasteiger partial charge in [-0.15, -0.1) is 11.3 Å². The minimum atomic E-state index is 0.827. The van der Waals surface area contributed by atoms with Crippen LogP contribution >= 0.6 is 27.3 Å². The SMILES string of the molecule is Cc1noc(C)c1CNCCc1ccc(Br)s1. The van der Waals surface area contributed by atoms with Crippen LogP contribution in [0, 0.1) is 13.8 Å². The van der Waals surface area contributed by atoms with Crippen molar-refractivity contribution in [2.75, 3.05) is 6.54 Å². The molecule has 0 amide bonds. The summed E-state index contributed by atoms with van der Waals surface area (Å²) in [6.07, 6.45) is 1.06. The molecule has 0 aliphatic carbocycles. The van der Waals surface area contributed by atoms with Crippen LogP contribution in [0.2, 0.25) is 0 Å². The van der Waals surface area contributed by atoms with E-state index >= 15 is 0 Å². The van der Waals surface area contributed by atoms with E-state index in [-0.39, 0.29) is 0 Å². The molecule has 92 valence electrons. The number of nitrogens with zero attached hydrogens (tertiary/aromatic N) is 1. The molecule has 0 atom stereocenters. The van der Waals surface area contributed by atoms with Gasteiger partial charge in [0.15, 0.2) is 0 Å². The van der Waals surface area contributed by atoms with Crippen molar-refractivity contribution in [1.82, 2.24) is 10.5 Å². The van der Waals surface area contributed by atoms with E-state index in [4.69, 9.17) is 4.52 Å². The van der Waals surface area contributed by atoms with E-state index in [1.54, 1.807) is 11.3 Å². The molecule has 17 heavy (non-hydrogen) atoms. The van der Waals surface area contributed by atoms with Gasteiger partial charge < -0.3 is 9.84 Å². The van der Waals surface area contributed by atoms with E-state index in [1.165, 1.54) is 14.2 Å². The summed E-state index contributed by atoms with van der Waals surface area (Å²) in [7, 11) is 0. The first-order chi connectivity index (χ1) is 8.16. The van der Waals surface area contributed by atoms with Gasteiger partial charge in [0.05, 0.1) is 9.48 Å². The molecule has 0 aliphatic rings. The molecule has 0 unspecified atom stereocenters. The van der Waals surface area contributed by atoms with Crippen molar-refractivity contribution in [2.45, 2.75) is 26.8 Å². The highest BCUT2D eigenvalue weighted by Gasteiger charge is 2.07. The third kappa shape index (κ3) is 3.40. The molecular formula is C12H15BrN2OS. The fourth-order valence-corrected chi connectivity index (χ4v) is 3.15. The number of hydrogen-bond acceptors (Lipinski definition) is 4. The van der Waals surface area contributed by atoms with E-state index in [2.05, 4.69) is 38.5 Å². The van der Waals surface area contributed by atoms with Crippen molar-refractivity contribution in [3.8, 4) is 0 Å². The monoisotopic (exact) mass is 314 g/mol. The first-order valence-corrected chi connectivity index (χ1v) is 7.14. The lowest BCUT2D eigenvalue weighted by atomic mass is 10.2. The zero-order chi connectivity index (χ0) is 12.3. The molecule has 0 saturated carbocycles. The molecule has 0 saturated heterocycles. The Kier molecular flexibility index (Phi) is 4.36. The zero-order valence-electron chi connectivity index (χ0n) is 9.92. The molecule has 0 aliphatic heterocycles. The Labute approximate surface area is 113 Å². The van der Waals surface area contributed by atoms with Crippen LogP contribution in [-0.4, -0.2) is 11.7 Å². The van der Waals surface area contributed by atoms with Crippen molar-refractivity contribution in [1.29, 1.82) is 0 Å². The third-order valence-electron chi connectivity index (χ3n) is 2.66. The highest BCUT2D eigenvalue weighted by Crippen LogP contribution is 2.22. The molecule has 0 radical (unpaired) electrons. The Hall–Kier alpha value is -0.650. The van der Waals surface area contributed by atoms with Gasteiger partial charge in [-0.1, -0.05) is 5.16 Å². The minimum absolute atomic E-state index is 0.827. The van der Waals surface area contributed by atoms with Crippen molar-refractivity contribution in [3.05, 3.63) is 37.8 Å². The summed E-state index contributed by atoms with van der Waals surface area (Å²) in [5, 5.41) is 7.36. The second-order valence-electron chi connectivity index (χ2n) is 3.94. The molecule has 0 aromatic carbocycles. The van der Waals surface area contributed by atoms with Crippen LogP contribution in [0.25, 0.3) is 0 Å². The van der Waals surface area contributed by atoms with Crippen molar-refractivity contribution >= 4 is 27.3 Å². The Bertz CT molecular complexity index is 473. The standard InChI is InChI=1S/C12H15BrN2OS/c1-8-11(9(2)16-15-8)7-14-6-5-10-3-4-12(13)17-10/h3-4,14H,5-7H2,1-2H3. The lowest BCUT2D eigenvalue weighted by molar-refractivity contribution is 0.392. The molecule has 0 fully saturated rings. The molecule has 1 N–H and O–H groups in total. The number of aryl methyl sites for hydroxylation is 2. The van der Waals surface area contributed by atoms with Crippen LogP contribution in [0.3, 0.4) is 0 Å². The second-order valence-corrected chi connectivity index (χ2v) is 6.48. The van der Waals surface area contributed by atoms with Gasteiger partial charge >= 0.3 is 0 Å². The fourth-order valence-electron chi connectivity index (χ4n) is 1.67. The average Bonchev–Trinajstić information content (AvgIpc) is 2.83. The topological polar surface area (TPSA) is 38.1 Å².